The minimum absolute atomic E-state index is 0.0458. The number of amides is 1. The molecule has 38 heavy (non-hydrogen) atoms. The number of carbonyl (C=O) groups is 1. The van der Waals surface area contributed by atoms with Crippen LogP contribution >= 0.6 is 0 Å². The molecule has 1 saturated heterocycles. The molecule has 1 saturated carbocycles. The number of ether oxygens (including phenoxy) is 1. The number of fused-ring (bicyclic) bond motifs is 1. The van der Waals surface area contributed by atoms with E-state index in [0.717, 1.165) is 30.2 Å². The van der Waals surface area contributed by atoms with Gasteiger partial charge in [0.25, 0.3) is 17.9 Å². The topological polar surface area (TPSA) is 126 Å². The number of hydrogen-bond acceptors (Lipinski definition) is 6. The number of hydrogen-bond donors (Lipinski definition) is 3. The number of halogens is 3. The van der Waals surface area contributed by atoms with Crippen molar-refractivity contribution in [1.82, 2.24) is 20.0 Å². The zero-order valence-electron chi connectivity index (χ0n) is 20.3. The van der Waals surface area contributed by atoms with Crippen molar-refractivity contribution in [3.8, 4) is 5.75 Å². The SMILES string of the molecule is N=C1CN(C(=O)c2cc(Cc3n[nH]c(=O)c4ccc(OC5CCC5)cc34)ccc2F)CCN1C(=N)C(F)F. The zero-order chi connectivity index (χ0) is 27.0. The molecular formula is C26H25F3N6O3. The van der Waals surface area contributed by atoms with Crippen LogP contribution in [0, 0.1) is 16.6 Å². The molecule has 5 rings (SSSR count). The van der Waals surface area contributed by atoms with Crippen LogP contribution in [0.2, 0.25) is 0 Å². The number of alkyl halides is 2. The molecule has 2 aliphatic rings. The van der Waals surface area contributed by atoms with Crippen molar-refractivity contribution in [3.05, 3.63) is 69.4 Å². The molecule has 0 radical (unpaired) electrons. The van der Waals surface area contributed by atoms with Crippen molar-refractivity contribution in [1.29, 1.82) is 10.8 Å². The summed E-state index contributed by atoms with van der Waals surface area (Å²) in [6, 6.07) is 9.26. The Bertz CT molecular complexity index is 1490. The van der Waals surface area contributed by atoms with E-state index in [9.17, 15) is 22.8 Å². The average molecular weight is 527 g/mol. The first-order valence-electron chi connectivity index (χ1n) is 12.2. The summed E-state index contributed by atoms with van der Waals surface area (Å²) in [6.45, 7) is -0.531. The smallest absolute Gasteiger partial charge is 0.295 e. The Kier molecular flexibility index (Phi) is 6.87. The fourth-order valence-electron chi connectivity index (χ4n) is 4.56. The number of nitrogens with one attached hydrogen (secondary N) is 3. The molecule has 12 heteroatoms. The molecule has 2 heterocycles. The van der Waals surface area contributed by atoms with E-state index in [1.54, 1.807) is 18.2 Å². The van der Waals surface area contributed by atoms with Gasteiger partial charge in [-0.15, -0.1) is 0 Å². The number of carbonyl (C=O) groups excluding carboxylic acids is 1. The maximum atomic E-state index is 14.7. The fraction of sp³-hybridized carbons (Fsp3) is 0.346. The van der Waals surface area contributed by atoms with Crippen LogP contribution in [-0.4, -0.2) is 69.7 Å². The molecule has 198 valence electrons. The van der Waals surface area contributed by atoms with Gasteiger partial charge in [-0.1, -0.05) is 6.07 Å². The quantitative estimate of drug-likeness (QED) is 0.335. The Morgan fingerprint density at radius 1 is 1.16 bits per heavy atom. The number of nitrogens with zero attached hydrogens (tertiary/aromatic N) is 3. The predicted molar refractivity (Wildman–Crippen MR) is 134 cm³/mol. The van der Waals surface area contributed by atoms with E-state index in [0.29, 0.717) is 27.8 Å². The van der Waals surface area contributed by atoms with Gasteiger partial charge in [0.05, 0.1) is 29.3 Å². The van der Waals surface area contributed by atoms with Crippen LogP contribution in [-0.2, 0) is 6.42 Å². The molecule has 1 amide bonds. The Hall–Kier alpha value is -4.22. The van der Waals surface area contributed by atoms with Crippen LogP contribution in [0.3, 0.4) is 0 Å². The summed E-state index contributed by atoms with van der Waals surface area (Å²) in [5.74, 6) is -2.16. The maximum Gasteiger partial charge on any atom is 0.295 e. The number of benzene rings is 2. The van der Waals surface area contributed by atoms with Gasteiger partial charge >= 0.3 is 0 Å². The van der Waals surface area contributed by atoms with E-state index in [4.69, 9.17) is 15.6 Å². The summed E-state index contributed by atoms with van der Waals surface area (Å²) < 4.78 is 46.4. The van der Waals surface area contributed by atoms with Crippen LogP contribution in [0.25, 0.3) is 10.8 Å². The van der Waals surface area contributed by atoms with Crippen molar-refractivity contribution in [2.75, 3.05) is 19.6 Å². The second kappa shape index (κ2) is 10.3. The second-order valence-corrected chi connectivity index (χ2v) is 9.38. The van der Waals surface area contributed by atoms with E-state index in [1.165, 1.54) is 17.0 Å². The highest BCUT2D eigenvalue weighted by atomic mass is 19.3. The Balaban J connectivity index is 1.38. The first kappa shape index (κ1) is 25.4. The number of H-pyrrole nitrogens is 1. The van der Waals surface area contributed by atoms with E-state index < -0.39 is 24.0 Å². The summed E-state index contributed by atoms with van der Waals surface area (Å²) >= 11 is 0. The lowest BCUT2D eigenvalue weighted by atomic mass is 9.96. The van der Waals surface area contributed by atoms with Gasteiger partial charge in [0.1, 0.15) is 17.4 Å². The summed E-state index contributed by atoms with van der Waals surface area (Å²) in [5, 5.41) is 23.1. The average Bonchev–Trinajstić information content (AvgIpc) is 2.88. The number of aromatic amines is 1. The Morgan fingerprint density at radius 2 is 1.95 bits per heavy atom. The van der Waals surface area contributed by atoms with Crippen LogP contribution in [0.1, 0.15) is 40.9 Å². The van der Waals surface area contributed by atoms with Gasteiger partial charge in [-0.3, -0.25) is 20.4 Å². The predicted octanol–water partition coefficient (Wildman–Crippen LogP) is 3.56. The van der Waals surface area contributed by atoms with Crippen LogP contribution < -0.4 is 10.3 Å². The monoisotopic (exact) mass is 526 g/mol. The Labute approximate surface area is 215 Å². The standard InChI is InChI=1S/C26H25F3N6O3/c27-20-7-4-14(10-19(20)26(37)34-8-9-35(22(30)13-34)24(31)23(28)29)11-21-18-12-16(38-15-2-1-3-15)5-6-17(18)25(36)33-32-21/h4-7,10,12,15,23,30-31H,1-3,8-9,11,13H2,(H,33,36). The number of aromatic nitrogens is 2. The van der Waals surface area contributed by atoms with Gasteiger partial charge < -0.3 is 14.5 Å². The maximum absolute atomic E-state index is 14.7. The molecule has 3 aromatic rings. The highest BCUT2D eigenvalue weighted by molar-refractivity contribution is 6.04. The van der Waals surface area contributed by atoms with E-state index >= 15 is 0 Å². The lowest BCUT2D eigenvalue weighted by Crippen LogP contribution is -2.55. The molecule has 2 fully saturated rings. The molecule has 2 aromatic carbocycles. The van der Waals surface area contributed by atoms with Crippen LogP contribution in [0.5, 0.6) is 5.75 Å². The third kappa shape index (κ3) is 4.98. The van der Waals surface area contributed by atoms with Gasteiger partial charge in [0.15, 0.2) is 5.84 Å². The van der Waals surface area contributed by atoms with Crippen molar-refractivity contribution >= 4 is 28.4 Å². The highest BCUT2D eigenvalue weighted by Gasteiger charge is 2.31. The largest absolute Gasteiger partial charge is 0.490 e. The summed E-state index contributed by atoms with van der Waals surface area (Å²) in [7, 11) is 0. The molecule has 0 bridgehead atoms. The minimum atomic E-state index is -3.04. The lowest BCUT2D eigenvalue weighted by Gasteiger charge is -2.36. The zero-order valence-corrected chi connectivity index (χ0v) is 20.3. The number of rotatable bonds is 6. The summed E-state index contributed by atoms with van der Waals surface area (Å²) in [4.78, 5) is 27.5. The lowest BCUT2D eigenvalue weighted by molar-refractivity contribution is 0.0749. The third-order valence-electron chi connectivity index (χ3n) is 6.87. The molecule has 3 N–H and O–H groups in total. The first-order chi connectivity index (χ1) is 18.2. The minimum Gasteiger partial charge on any atom is -0.490 e. The van der Waals surface area contributed by atoms with Crippen molar-refractivity contribution in [2.45, 2.75) is 38.2 Å². The van der Waals surface area contributed by atoms with E-state index in [-0.39, 0.29) is 49.1 Å². The summed E-state index contributed by atoms with van der Waals surface area (Å²) in [6.07, 6.45) is 0.385. The van der Waals surface area contributed by atoms with E-state index in [2.05, 4.69) is 10.2 Å². The number of amidine groups is 2. The third-order valence-corrected chi connectivity index (χ3v) is 6.87. The fourth-order valence-corrected chi connectivity index (χ4v) is 4.56. The number of piperazine rings is 1. The van der Waals surface area contributed by atoms with Crippen LogP contribution in [0.4, 0.5) is 13.2 Å². The van der Waals surface area contributed by atoms with Gasteiger partial charge in [0.2, 0.25) is 0 Å². The first-order valence-corrected chi connectivity index (χ1v) is 12.2. The molecule has 1 aromatic heterocycles. The van der Waals surface area contributed by atoms with Gasteiger partial charge in [-0.05, 0) is 55.2 Å². The molecule has 0 unspecified atom stereocenters. The molecule has 9 nitrogen and oxygen atoms in total. The molecule has 1 aliphatic carbocycles. The van der Waals surface area contributed by atoms with Crippen molar-refractivity contribution < 1.29 is 22.7 Å². The summed E-state index contributed by atoms with van der Waals surface area (Å²) in [5.41, 5.74) is 0.504. The molecular weight excluding hydrogens is 501 g/mol. The Morgan fingerprint density at radius 3 is 2.63 bits per heavy atom. The molecule has 0 spiro atoms. The van der Waals surface area contributed by atoms with Gasteiger partial charge in [0, 0.05) is 24.9 Å². The van der Waals surface area contributed by atoms with Crippen molar-refractivity contribution in [2.24, 2.45) is 0 Å². The molecule has 0 atom stereocenters. The van der Waals surface area contributed by atoms with Gasteiger partial charge in [-0.2, -0.15) is 5.10 Å². The van der Waals surface area contributed by atoms with E-state index in [1.807, 2.05) is 0 Å². The molecule has 1 aliphatic heterocycles. The normalized spacial score (nSPS) is 16.2. The van der Waals surface area contributed by atoms with Gasteiger partial charge in [-0.25, -0.2) is 18.3 Å². The highest BCUT2D eigenvalue weighted by Crippen LogP contribution is 2.28. The second-order valence-electron chi connectivity index (χ2n) is 9.38. The van der Waals surface area contributed by atoms with Crippen LogP contribution in [0.15, 0.2) is 41.2 Å². The van der Waals surface area contributed by atoms with Crippen molar-refractivity contribution in [3.63, 3.8) is 0 Å².